The Labute approximate surface area is 92.8 Å². The summed E-state index contributed by atoms with van der Waals surface area (Å²) in [6.45, 7) is 2.24. The van der Waals surface area contributed by atoms with Crippen molar-refractivity contribution < 1.29 is 25.9 Å². The van der Waals surface area contributed by atoms with Crippen molar-refractivity contribution in [3.63, 3.8) is 0 Å². The van der Waals surface area contributed by atoms with E-state index in [9.17, 15) is 4.79 Å². The van der Waals surface area contributed by atoms with E-state index in [2.05, 4.69) is 5.32 Å². The van der Waals surface area contributed by atoms with Crippen LogP contribution in [0, 0.1) is 0 Å². The Kier molecular flexibility index (Phi) is 5.19. The fourth-order valence-electron chi connectivity index (χ4n) is 1.23. The van der Waals surface area contributed by atoms with Gasteiger partial charge in [-0.05, 0) is 17.8 Å². The molecule has 0 aliphatic carbocycles. The minimum Gasteiger partial charge on any atom is -0.660 e. The van der Waals surface area contributed by atoms with Crippen LogP contribution in [0.5, 0.6) is 0 Å². The van der Waals surface area contributed by atoms with Crippen molar-refractivity contribution in [1.82, 2.24) is 4.57 Å². The molecular formula is C9H13N2OW-. The number of hydrogen-bond donors (Lipinski definition) is 0. The summed E-state index contributed by atoms with van der Waals surface area (Å²) in [6, 6.07) is 3.77. The minimum atomic E-state index is 0. The first-order chi connectivity index (χ1) is 5.66. The molecule has 0 saturated carbocycles. The fraction of sp³-hybridized carbons (Fsp3) is 0.444. The average molecular weight is 349 g/mol. The molecule has 0 bridgehead atoms. The van der Waals surface area contributed by atoms with Crippen molar-refractivity contribution in [3.05, 3.63) is 28.8 Å². The van der Waals surface area contributed by atoms with E-state index in [1.807, 2.05) is 23.7 Å². The molecule has 1 aromatic heterocycles. The first kappa shape index (κ1) is 12.6. The summed E-state index contributed by atoms with van der Waals surface area (Å²) < 4.78 is 1.88. The van der Waals surface area contributed by atoms with Gasteiger partial charge in [-0.25, -0.2) is 0 Å². The van der Waals surface area contributed by atoms with Crippen LogP contribution >= 0.6 is 0 Å². The zero-order chi connectivity index (χ0) is 9.14. The molecule has 0 fully saturated rings. The van der Waals surface area contributed by atoms with Crippen molar-refractivity contribution in [2.45, 2.75) is 13.5 Å². The SMILES string of the molecule is C[N-]Cc1ccc(C(C)=O)n1C.[W]. The van der Waals surface area contributed by atoms with E-state index in [4.69, 9.17) is 0 Å². The minimum absolute atomic E-state index is 0. The van der Waals surface area contributed by atoms with E-state index >= 15 is 0 Å². The Balaban J connectivity index is 0.00000144. The fourth-order valence-corrected chi connectivity index (χ4v) is 1.23. The van der Waals surface area contributed by atoms with Gasteiger partial charge in [-0.2, -0.15) is 7.05 Å². The quantitative estimate of drug-likeness (QED) is 0.766. The van der Waals surface area contributed by atoms with Gasteiger partial charge < -0.3 is 9.88 Å². The van der Waals surface area contributed by atoms with Crippen LogP contribution in [0.3, 0.4) is 0 Å². The topological polar surface area (TPSA) is 36.1 Å². The third-order valence-corrected chi connectivity index (χ3v) is 1.91. The normalized spacial score (nSPS) is 9.46. The number of nitrogens with zero attached hydrogens (tertiary/aromatic N) is 2. The van der Waals surface area contributed by atoms with Gasteiger partial charge in [-0.15, -0.1) is 6.54 Å². The summed E-state index contributed by atoms with van der Waals surface area (Å²) in [6.07, 6.45) is 0. The Morgan fingerprint density at radius 2 is 2.15 bits per heavy atom. The van der Waals surface area contributed by atoms with Crippen LogP contribution in [0.4, 0.5) is 0 Å². The molecule has 0 aliphatic rings. The van der Waals surface area contributed by atoms with Crippen LogP contribution in [-0.4, -0.2) is 17.4 Å². The van der Waals surface area contributed by atoms with E-state index < -0.39 is 0 Å². The number of carbonyl (C=O) groups is 1. The molecule has 72 valence electrons. The maximum atomic E-state index is 11.0. The number of carbonyl (C=O) groups excluding carboxylic acids is 1. The van der Waals surface area contributed by atoms with Gasteiger partial charge in [0, 0.05) is 35.0 Å². The standard InChI is InChI=1S/C9H13N2O.W/c1-7(12)9-5-4-8(6-10-2)11(9)3;/h4-5H,6H2,1-3H3;/q-1;. The van der Waals surface area contributed by atoms with E-state index in [1.165, 1.54) is 0 Å². The molecule has 0 radical (unpaired) electrons. The molecule has 1 rings (SSSR count). The summed E-state index contributed by atoms with van der Waals surface area (Å²) >= 11 is 0. The largest absolute Gasteiger partial charge is 0.660 e. The van der Waals surface area contributed by atoms with Crippen LogP contribution in [-0.2, 0) is 34.7 Å². The molecule has 0 saturated heterocycles. The van der Waals surface area contributed by atoms with E-state index in [1.54, 1.807) is 14.0 Å². The van der Waals surface area contributed by atoms with Crippen molar-refractivity contribution in [2.75, 3.05) is 7.05 Å². The van der Waals surface area contributed by atoms with Gasteiger partial charge in [0.15, 0.2) is 5.78 Å². The number of hydrogen-bond acceptors (Lipinski definition) is 1. The first-order valence-electron chi connectivity index (χ1n) is 3.88. The van der Waals surface area contributed by atoms with Crippen LogP contribution in [0.15, 0.2) is 12.1 Å². The van der Waals surface area contributed by atoms with Gasteiger partial charge in [-0.1, -0.05) is 0 Å². The Bertz CT molecular complexity index is 294. The predicted octanol–water partition coefficient (Wildman–Crippen LogP) is 1.73. The molecule has 0 aromatic carbocycles. The molecule has 4 heteroatoms. The molecular weight excluding hydrogens is 336 g/mol. The summed E-state index contributed by atoms with van der Waals surface area (Å²) in [5.74, 6) is 0.0971. The van der Waals surface area contributed by atoms with E-state index in [-0.39, 0.29) is 26.8 Å². The second-order valence-corrected chi connectivity index (χ2v) is 2.80. The molecule has 0 unspecified atom stereocenters. The Morgan fingerprint density at radius 3 is 2.54 bits per heavy atom. The van der Waals surface area contributed by atoms with Crippen molar-refractivity contribution >= 4 is 5.78 Å². The number of Topliss-reactive ketones (excluding diaryl/α,β-unsaturated/α-hetero) is 1. The maximum absolute atomic E-state index is 11.0. The van der Waals surface area contributed by atoms with Gasteiger partial charge in [0.1, 0.15) is 0 Å². The zero-order valence-corrected chi connectivity index (χ0v) is 11.0. The van der Waals surface area contributed by atoms with Gasteiger partial charge in [0.25, 0.3) is 0 Å². The zero-order valence-electron chi connectivity index (χ0n) is 8.07. The summed E-state index contributed by atoms with van der Waals surface area (Å²) in [4.78, 5) is 11.0. The molecule has 3 nitrogen and oxygen atoms in total. The third kappa shape index (κ3) is 2.78. The van der Waals surface area contributed by atoms with Gasteiger partial charge in [-0.3, -0.25) is 4.79 Å². The predicted molar refractivity (Wildman–Crippen MR) is 48.4 cm³/mol. The number of aromatic nitrogens is 1. The summed E-state index contributed by atoms with van der Waals surface area (Å²) in [5.41, 5.74) is 1.82. The summed E-state index contributed by atoms with van der Waals surface area (Å²) in [5, 5.41) is 4.01. The third-order valence-electron chi connectivity index (χ3n) is 1.91. The molecule has 1 aromatic rings. The van der Waals surface area contributed by atoms with Crippen LogP contribution in [0.25, 0.3) is 5.32 Å². The smallest absolute Gasteiger partial charge is 0.176 e. The second kappa shape index (κ2) is 5.35. The molecule has 0 spiro atoms. The van der Waals surface area contributed by atoms with Gasteiger partial charge >= 0.3 is 0 Å². The number of ketones is 1. The van der Waals surface area contributed by atoms with Crippen molar-refractivity contribution in [1.29, 1.82) is 0 Å². The molecule has 0 aliphatic heterocycles. The Morgan fingerprint density at radius 1 is 1.54 bits per heavy atom. The second-order valence-electron chi connectivity index (χ2n) is 2.80. The number of rotatable bonds is 3. The molecule has 1 heterocycles. The first-order valence-corrected chi connectivity index (χ1v) is 3.88. The van der Waals surface area contributed by atoms with Crippen LogP contribution in [0.1, 0.15) is 23.1 Å². The van der Waals surface area contributed by atoms with E-state index in [0.29, 0.717) is 6.54 Å². The van der Waals surface area contributed by atoms with Crippen molar-refractivity contribution in [3.8, 4) is 0 Å². The van der Waals surface area contributed by atoms with Crippen LogP contribution < -0.4 is 0 Å². The maximum Gasteiger partial charge on any atom is 0.176 e. The molecule has 13 heavy (non-hydrogen) atoms. The van der Waals surface area contributed by atoms with Crippen molar-refractivity contribution in [2.24, 2.45) is 7.05 Å². The van der Waals surface area contributed by atoms with Gasteiger partial charge in [0.2, 0.25) is 0 Å². The molecule has 0 N–H and O–H groups in total. The van der Waals surface area contributed by atoms with Crippen LogP contribution in [0.2, 0.25) is 0 Å². The summed E-state index contributed by atoms with van der Waals surface area (Å²) in [7, 11) is 3.65. The molecule has 0 amide bonds. The molecule has 0 atom stereocenters. The monoisotopic (exact) mass is 349 g/mol. The average Bonchev–Trinajstić information content (AvgIpc) is 2.34. The van der Waals surface area contributed by atoms with Gasteiger partial charge in [0.05, 0.1) is 5.69 Å². The van der Waals surface area contributed by atoms with E-state index in [0.717, 1.165) is 11.4 Å². The Hall–Kier alpha value is -0.402.